The Kier molecular flexibility index (Phi) is 10.6. The van der Waals surface area contributed by atoms with Crippen LogP contribution in [0.5, 0.6) is 0 Å². The first kappa shape index (κ1) is 35.6. The molecular formula is C35H59N7O5. The Labute approximate surface area is 280 Å². The van der Waals surface area contributed by atoms with E-state index in [9.17, 15) is 24.0 Å². The fraction of sp³-hybridized carbons (Fsp3) is 0.857. The lowest BCUT2D eigenvalue weighted by Gasteiger charge is -2.44. The average Bonchev–Trinajstić information content (AvgIpc) is 3.50. The molecule has 1 unspecified atom stereocenters. The number of primary amides is 1. The molecule has 2 saturated heterocycles. The summed E-state index contributed by atoms with van der Waals surface area (Å²) >= 11 is 0. The molecule has 1 spiro atoms. The van der Waals surface area contributed by atoms with Crippen molar-refractivity contribution in [1.29, 1.82) is 0 Å². The molecular weight excluding hydrogens is 598 g/mol. The molecule has 264 valence electrons. The highest BCUT2D eigenvalue weighted by Gasteiger charge is 2.50. The standard InChI is InChI=1S/C35H59N7O5/c1-33(2,3)27(20-41-15-14-38-35(21-41)12-13-35)40-32(47)37-18-28(43)42-19-24(34(4,5)23-10-7-11-23)17-26(42)31(46)39-25(29(44)30(36)45)16-22-8-6-9-22/h22-27,38H,6-21H2,1-5H3,(H2,36,45)(H,39,46)(H2,37,40,47)/t24-,25?,26-,27+/m0/s1. The molecule has 0 aromatic carbocycles. The summed E-state index contributed by atoms with van der Waals surface area (Å²) < 4.78 is 0. The number of nitrogens with zero attached hydrogens (tertiary/aromatic N) is 2. The highest BCUT2D eigenvalue weighted by molar-refractivity contribution is 6.37. The van der Waals surface area contributed by atoms with Crippen molar-refractivity contribution < 1.29 is 24.0 Å². The Bertz CT molecular complexity index is 1200. The summed E-state index contributed by atoms with van der Waals surface area (Å²) in [6, 6.07) is -2.33. The summed E-state index contributed by atoms with van der Waals surface area (Å²) in [5.41, 5.74) is 5.32. The van der Waals surface area contributed by atoms with Crippen LogP contribution < -0.4 is 27.0 Å². The van der Waals surface area contributed by atoms with E-state index in [-0.39, 0.29) is 46.7 Å². The third-order valence-corrected chi connectivity index (χ3v) is 12.3. The number of Topliss-reactive ketones (excluding diaryl/α,β-unsaturated/α-hetero) is 1. The minimum Gasteiger partial charge on any atom is -0.363 e. The van der Waals surface area contributed by atoms with Crippen molar-refractivity contribution in [2.24, 2.45) is 34.3 Å². The SMILES string of the molecule is CC(C)(C)[C@@H](CN1CCNC2(CC2)C1)NC(=O)NCC(=O)N1C[C@@H](C(C)(C)C2CCC2)C[C@H]1C(=O)NC(CC1CCC1)C(=O)C(N)=O. The van der Waals surface area contributed by atoms with Gasteiger partial charge in [-0.3, -0.25) is 24.1 Å². The smallest absolute Gasteiger partial charge is 0.315 e. The van der Waals surface area contributed by atoms with Crippen LogP contribution in [-0.2, 0) is 19.2 Å². The first-order chi connectivity index (χ1) is 22.1. The number of hydrogen-bond acceptors (Lipinski definition) is 7. The maximum Gasteiger partial charge on any atom is 0.315 e. The molecule has 5 fully saturated rings. The highest BCUT2D eigenvalue weighted by Crippen LogP contribution is 2.50. The van der Waals surface area contributed by atoms with E-state index in [2.05, 4.69) is 60.8 Å². The van der Waals surface area contributed by atoms with Crippen molar-refractivity contribution in [3.63, 3.8) is 0 Å². The number of hydrogen-bond donors (Lipinski definition) is 5. The van der Waals surface area contributed by atoms with Crippen LogP contribution >= 0.6 is 0 Å². The molecule has 5 rings (SSSR count). The molecule has 2 heterocycles. The molecule has 0 aromatic heterocycles. The van der Waals surface area contributed by atoms with E-state index in [1.165, 1.54) is 19.3 Å². The van der Waals surface area contributed by atoms with Gasteiger partial charge in [0.05, 0.1) is 12.6 Å². The number of piperazine rings is 1. The van der Waals surface area contributed by atoms with Gasteiger partial charge < -0.3 is 31.9 Å². The van der Waals surface area contributed by atoms with Crippen molar-refractivity contribution in [1.82, 2.24) is 31.1 Å². The van der Waals surface area contributed by atoms with E-state index in [1.807, 2.05) is 0 Å². The molecule has 0 bridgehead atoms. The van der Waals surface area contributed by atoms with Gasteiger partial charge in [-0.1, -0.05) is 60.3 Å². The van der Waals surface area contributed by atoms with Crippen LogP contribution in [0.3, 0.4) is 0 Å². The normalized spacial score (nSPS) is 26.1. The van der Waals surface area contributed by atoms with Gasteiger partial charge in [0.2, 0.25) is 17.6 Å². The molecule has 6 N–H and O–H groups in total. The number of rotatable bonds is 13. The van der Waals surface area contributed by atoms with Crippen LogP contribution in [0.4, 0.5) is 4.79 Å². The molecule has 47 heavy (non-hydrogen) atoms. The van der Waals surface area contributed by atoms with Gasteiger partial charge in [-0.2, -0.15) is 0 Å². The zero-order chi connectivity index (χ0) is 34.1. The molecule has 4 atom stereocenters. The predicted octanol–water partition coefficient (Wildman–Crippen LogP) is 1.91. The minimum atomic E-state index is -1.06. The summed E-state index contributed by atoms with van der Waals surface area (Å²) in [6.07, 6.45) is 9.64. The summed E-state index contributed by atoms with van der Waals surface area (Å²) in [5.74, 6) is -1.77. The second-order valence-electron chi connectivity index (χ2n) is 17.0. The largest absolute Gasteiger partial charge is 0.363 e. The molecule has 2 aliphatic heterocycles. The second-order valence-corrected chi connectivity index (χ2v) is 17.0. The summed E-state index contributed by atoms with van der Waals surface area (Å²) in [5, 5.41) is 12.4. The van der Waals surface area contributed by atoms with Gasteiger partial charge in [0.15, 0.2) is 0 Å². The van der Waals surface area contributed by atoms with Gasteiger partial charge in [0.25, 0.3) is 5.91 Å². The number of ketones is 1. The van der Waals surface area contributed by atoms with E-state index >= 15 is 0 Å². The lowest BCUT2D eigenvalue weighted by Crippen LogP contribution is -2.59. The number of likely N-dealkylation sites (tertiary alicyclic amines) is 1. The van der Waals surface area contributed by atoms with Gasteiger partial charge in [-0.05, 0) is 67.1 Å². The van der Waals surface area contributed by atoms with Crippen molar-refractivity contribution in [2.75, 3.05) is 39.3 Å². The number of carbonyl (C=O) groups excluding carboxylic acids is 5. The maximum atomic E-state index is 13.8. The quantitative estimate of drug-likeness (QED) is 0.189. The number of amides is 5. The molecule has 5 aliphatic rings. The maximum absolute atomic E-state index is 13.8. The first-order valence-corrected chi connectivity index (χ1v) is 18.0. The van der Waals surface area contributed by atoms with Gasteiger partial charge >= 0.3 is 6.03 Å². The molecule has 3 saturated carbocycles. The summed E-state index contributed by atoms with van der Waals surface area (Å²) in [6.45, 7) is 14.5. The topological polar surface area (TPSA) is 166 Å². The molecule has 0 aromatic rings. The lowest BCUT2D eigenvalue weighted by atomic mass is 9.61. The van der Waals surface area contributed by atoms with Crippen LogP contribution in [0.25, 0.3) is 0 Å². The fourth-order valence-electron chi connectivity index (χ4n) is 8.06. The Morgan fingerprint density at radius 1 is 0.957 bits per heavy atom. The summed E-state index contributed by atoms with van der Waals surface area (Å²) in [7, 11) is 0. The third-order valence-electron chi connectivity index (χ3n) is 12.3. The average molecular weight is 658 g/mol. The molecule has 5 amide bonds. The zero-order valence-corrected chi connectivity index (χ0v) is 29.3. The van der Waals surface area contributed by atoms with E-state index in [0.29, 0.717) is 25.3 Å². The fourth-order valence-corrected chi connectivity index (χ4v) is 8.06. The Morgan fingerprint density at radius 3 is 2.19 bits per heavy atom. The zero-order valence-electron chi connectivity index (χ0n) is 29.3. The molecule has 12 heteroatoms. The first-order valence-electron chi connectivity index (χ1n) is 18.0. The molecule has 12 nitrogen and oxygen atoms in total. The monoisotopic (exact) mass is 657 g/mol. The summed E-state index contributed by atoms with van der Waals surface area (Å²) in [4.78, 5) is 69.4. The number of carbonyl (C=O) groups is 5. The third kappa shape index (κ3) is 8.47. The van der Waals surface area contributed by atoms with Crippen LogP contribution in [0, 0.1) is 28.6 Å². The van der Waals surface area contributed by atoms with Crippen molar-refractivity contribution in [2.45, 2.75) is 122 Å². The Hall–Kier alpha value is -2.73. The van der Waals surface area contributed by atoms with Crippen LogP contribution in [0.1, 0.15) is 98.8 Å². The Balaban J connectivity index is 1.23. The second kappa shape index (κ2) is 14.0. The van der Waals surface area contributed by atoms with Crippen LogP contribution in [-0.4, -0.2) is 102 Å². The minimum absolute atomic E-state index is 0.0755. The van der Waals surface area contributed by atoms with Gasteiger partial charge in [-0.25, -0.2) is 4.79 Å². The molecule has 3 aliphatic carbocycles. The van der Waals surface area contributed by atoms with Crippen LogP contribution in [0.2, 0.25) is 0 Å². The van der Waals surface area contributed by atoms with E-state index in [4.69, 9.17) is 5.73 Å². The van der Waals surface area contributed by atoms with Gasteiger partial charge in [0, 0.05) is 44.3 Å². The predicted molar refractivity (Wildman–Crippen MR) is 179 cm³/mol. The van der Waals surface area contributed by atoms with Gasteiger partial charge in [0.1, 0.15) is 6.04 Å². The van der Waals surface area contributed by atoms with Gasteiger partial charge in [-0.15, -0.1) is 0 Å². The van der Waals surface area contributed by atoms with Crippen molar-refractivity contribution in [3.05, 3.63) is 0 Å². The van der Waals surface area contributed by atoms with E-state index in [1.54, 1.807) is 4.90 Å². The van der Waals surface area contributed by atoms with E-state index in [0.717, 1.165) is 58.3 Å². The Morgan fingerprint density at radius 2 is 1.64 bits per heavy atom. The highest BCUT2D eigenvalue weighted by atomic mass is 16.2. The van der Waals surface area contributed by atoms with Crippen molar-refractivity contribution >= 4 is 29.5 Å². The number of urea groups is 1. The molecule has 0 radical (unpaired) electrons. The number of nitrogens with two attached hydrogens (primary N) is 1. The number of nitrogens with one attached hydrogen (secondary N) is 4. The van der Waals surface area contributed by atoms with Crippen LogP contribution in [0.15, 0.2) is 0 Å². The van der Waals surface area contributed by atoms with Crippen molar-refractivity contribution in [3.8, 4) is 0 Å². The van der Waals surface area contributed by atoms with E-state index < -0.39 is 35.7 Å². The lowest BCUT2D eigenvalue weighted by molar-refractivity contribution is -0.141.